The summed E-state index contributed by atoms with van der Waals surface area (Å²) in [5.74, 6) is 0. The molecule has 0 bridgehead atoms. The molecule has 0 atom stereocenters. The predicted molar refractivity (Wildman–Crippen MR) is 76.8 cm³/mol. The number of hydrogen-bond acceptors (Lipinski definition) is 3. The Bertz CT molecular complexity index is 851. The Labute approximate surface area is 119 Å². The maximum atomic E-state index is 12.1. The Balaban J connectivity index is 2.38. The van der Waals surface area contributed by atoms with Gasteiger partial charge >= 0.3 is 5.69 Å². The summed E-state index contributed by atoms with van der Waals surface area (Å²) in [6.45, 7) is -0.209. The first kappa shape index (κ1) is 12.9. The predicted octanol–water partition coefficient (Wildman–Crippen LogP) is 1.85. The van der Waals surface area contributed by atoms with Crippen LogP contribution in [-0.2, 0) is 13.7 Å². The summed E-state index contributed by atoms with van der Waals surface area (Å²) in [7, 11) is 1.68. The number of aliphatic hydroxyl groups is 1. The highest BCUT2D eigenvalue weighted by Gasteiger charge is 2.12. The number of aryl methyl sites for hydroxylation is 1. The van der Waals surface area contributed by atoms with E-state index in [4.69, 9.17) is 11.6 Å². The molecule has 0 saturated carbocycles. The third kappa shape index (κ3) is 2.01. The molecule has 0 spiro atoms. The number of rotatable bonds is 2. The topological polar surface area (TPSA) is 59.5 Å². The van der Waals surface area contributed by atoms with Crippen molar-refractivity contribution >= 4 is 17.2 Å². The van der Waals surface area contributed by atoms with Gasteiger partial charge < -0.3 is 9.67 Å². The molecule has 3 aromatic rings. The molecule has 0 aliphatic heterocycles. The van der Waals surface area contributed by atoms with E-state index in [0.717, 1.165) is 11.1 Å². The number of halogens is 1. The lowest BCUT2D eigenvalue weighted by Gasteiger charge is -2.07. The summed E-state index contributed by atoms with van der Waals surface area (Å²) in [4.78, 5) is 16.4. The van der Waals surface area contributed by atoms with Crippen molar-refractivity contribution in [3.63, 3.8) is 0 Å². The zero-order chi connectivity index (χ0) is 14.3. The van der Waals surface area contributed by atoms with Gasteiger partial charge in [-0.3, -0.25) is 4.40 Å². The Kier molecular flexibility index (Phi) is 3.08. The molecule has 0 saturated heterocycles. The fourth-order valence-electron chi connectivity index (χ4n) is 2.18. The number of aliphatic hydroxyl groups excluding tert-OH is 1. The van der Waals surface area contributed by atoms with E-state index in [1.54, 1.807) is 25.5 Å². The minimum absolute atomic E-state index is 0.209. The largest absolute Gasteiger partial charge is 0.390 e. The molecule has 6 heteroatoms. The molecule has 1 N–H and O–H groups in total. The van der Waals surface area contributed by atoms with Gasteiger partial charge in [-0.05, 0) is 17.7 Å². The lowest BCUT2D eigenvalue weighted by Crippen LogP contribution is -2.23. The number of aromatic nitrogens is 3. The molecule has 5 nitrogen and oxygen atoms in total. The van der Waals surface area contributed by atoms with E-state index < -0.39 is 0 Å². The highest BCUT2D eigenvalue weighted by atomic mass is 35.5. The number of imidazole rings is 1. The number of fused-ring (bicyclic) bond motifs is 1. The first-order valence-corrected chi connectivity index (χ1v) is 6.42. The summed E-state index contributed by atoms with van der Waals surface area (Å²) in [5.41, 5.74) is 2.41. The van der Waals surface area contributed by atoms with Crippen LogP contribution >= 0.6 is 11.6 Å². The van der Waals surface area contributed by atoms with Crippen molar-refractivity contribution in [2.24, 2.45) is 7.05 Å². The molecule has 1 aromatic carbocycles. The zero-order valence-corrected chi connectivity index (χ0v) is 11.5. The van der Waals surface area contributed by atoms with Crippen LogP contribution in [0.5, 0.6) is 0 Å². The molecule has 0 aliphatic carbocycles. The van der Waals surface area contributed by atoms with Crippen molar-refractivity contribution in [1.82, 2.24) is 14.0 Å². The number of nitrogens with zero attached hydrogens (tertiary/aromatic N) is 3. The summed E-state index contributed by atoms with van der Waals surface area (Å²) in [5, 5.41) is 9.81. The van der Waals surface area contributed by atoms with Gasteiger partial charge in [-0.2, -0.15) is 0 Å². The third-order valence-electron chi connectivity index (χ3n) is 3.12. The summed E-state index contributed by atoms with van der Waals surface area (Å²) in [6, 6.07) is 7.34. The van der Waals surface area contributed by atoms with Crippen LogP contribution in [0, 0.1) is 0 Å². The fourth-order valence-corrected chi connectivity index (χ4v) is 2.37. The molecule has 0 fully saturated rings. The first-order chi connectivity index (χ1) is 9.60. The van der Waals surface area contributed by atoms with Gasteiger partial charge in [-0.1, -0.05) is 23.7 Å². The Hall–Kier alpha value is -2.11. The summed E-state index contributed by atoms with van der Waals surface area (Å²) in [6.07, 6.45) is 3.27. The summed E-state index contributed by atoms with van der Waals surface area (Å²) < 4.78 is 2.91. The maximum absolute atomic E-state index is 12.1. The molecular formula is C14H12ClN3O2. The number of hydrogen-bond donors (Lipinski definition) is 1. The minimum Gasteiger partial charge on any atom is -0.390 e. The highest BCUT2D eigenvalue weighted by molar-refractivity contribution is 6.30. The Morgan fingerprint density at radius 3 is 2.85 bits per heavy atom. The van der Waals surface area contributed by atoms with E-state index in [0.29, 0.717) is 16.4 Å². The Morgan fingerprint density at radius 1 is 1.35 bits per heavy atom. The molecule has 2 aromatic heterocycles. The molecule has 102 valence electrons. The standard InChI is InChI=1S/C14H12ClN3O2/c1-17-7-12(9-3-2-4-10(15)5-9)13-16-11(8-19)6-18(13)14(17)20/h2-7,19H,8H2,1H3. The van der Waals surface area contributed by atoms with Gasteiger partial charge in [0, 0.05) is 30.0 Å². The van der Waals surface area contributed by atoms with E-state index in [1.165, 1.54) is 8.97 Å². The lowest BCUT2D eigenvalue weighted by molar-refractivity contribution is 0.277. The van der Waals surface area contributed by atoms with Crippen molar-refractivity contribution < 1.29 is 5.11 Å². The second kappa shape index (κ2) is 4.77. The monoisotopic (exact) mass is 289 g/mol. The van der Waals surface area contributed by atoms with E-state index in [2.05, 4.69) is 4.98 Å². The number of benzene rings is 1. The van der Waals surface area contributed by atoms with Gasteiger partial charge in [0.25, 0.3) is 0 Å². The molecule has 0 amide bonds. The lowest BCUT2D eigenvalue weighted by atomic mass is 10.1. The quantitative estimate of drug-likeness (QED) is 0.783. The Morgan fingerprint density at radius 2 is 2.15 bits per heavy atom. The zero-order valence-electron chi connectivity index (χ0n) is 10.7. The molecule has 0 aliphatic rings. The van der Waals surface area contributed by atoms with Crippen LogP contribution in [0.25, 0.3) is 16.8 Å². The van der Waals surface area contributed by atoms with Crippen LogP contribution in [-0.4, -0.2) is 19.1 Å². The average Bonchev–Trinajstić information content (AvgIpc) is 2.87. The molecular weight excluding hydrogens is 278 g/mol. The van der Waals surface area contributed by atoms with Crippen molar-refractivity contribution in [2.75, 3.05) is 0 Å². The van der Waals surface area contributed by atoms with Crippen molar-refractivity contribution in [3.05, 3.63) is 57.9 Å². The van der Waals surface area contributed by atoms with E-state index >= 15 is 0 Å². The van der Waals surface area contributed by atoms with Crippen LogP contribution in [0.4, 0.5) is 0 Å². The molecule has 2 heterocycles. The SMILES string of the molecule is Cn1cc(-c2cccc(Cl)c2)c2nc(CO)cn2c1=O. The fraction of sp³-hybridized carbons (Fsp3) is 0.143. The first-order valence-electron chi connectivity index (χ1n) is 6.04. The second-order valence-corrected chi connectivity index (χ2v) is 4.97. The highest BCUT2D eigenvalue weighted by Crippen LogP contribution is 2.25. The van der Waals surface area contributed by atoms with Gasteiger partial charge in [0.2, 0.25) is 0 Å². The van der Waals surface area contributed by atoms with Gasteiger partial charge in [-0.15, -0.1) is 0 Å². The molecule has 20 heavy (non-hydrogen) atoms. The van der Waals surface area contributed by atoms with Gasteiger partial charge in [0.15, 0.2) is 5.65 Å². The third-order valence-corrected chi connectivity index (χ3v) is 3.36. The van der Waals surface area contributed by atoms with E-state index in [1.807, 2.05) is 18.2 Å². The van der Waals surface area contributed by atoms with Crippen LogP contribution in [0.3, 0.4) is 0 Å². The maximum Gasteiger partial charge on any atom is 0.333 e. The molecule has 3 rings (SSSR count). The smallest absolute Gasteiger partial charge is 0.333 e. The van der Waals surface area contributed by atoms with E-state index in [-0.39, 0.29) is 12.3 Å². The van der Waals surface area contributed by atoms with Crippen molar-refractivity contribution in [2.45, 2.75) is 6.61 Å². The van der Waals surface area contributed by atoms with Gasteiger partial charge in [-0.25, -0.2) is 9.78 Å². The second-order valence-electron chi connectivity index (χ2n) is 4.53. The van der Waals surface area contributed by atoms with Gasteiger partial charge in [0.1, 0.15) is 0 Å². The molecule has 0 unspecified atom stereocenters. The molecule has 0 radical (unpaired) electrons. The van der Waals surface area contributed by atoms with Gasteiger partial charge in [0.05, 0.1) is 12.3 Å². The van der Waals surface area contributed by atoms with Crippen LogP contribution in [0.2, 0.25) is 5.02 Å². The minimum atomic E-state index is -0.210. The van der Waals surface area contributed by atoms with Crippen LogP contribution in [0.15, 0.2) is 41.5 Å². The van der Waals surface area contributed by atoms with Crippen LogP contribution < -0.4 is 5.69 Å². The normalized spacial score (nSPS) is 11.2. The van der Waals surface area contributed by atoms with Crippen LogP contribution in [0.1, 0.15) is 5.69 Å². The average molecular weight is 290 g/mol. The van der Waals surface area contributed by atoms with Crippen molar-refractivity contribution in [1.29, 1.82) is 0 Å². The van der Waals surface area contributed by atoms with Crippen molar-refractivity contribution in [3.8, 4) is 11.1 Å². The summed E-state index contributed by atoms with van der Waals surface area (Å²) >= 11 is 6.01. The van der Waals surface area contributed by atoms with E-state index in [9.17, 15) is 9.90 Å².